The first kappa shape index (κ1) is 13.4. The number of carbonyl (C=O) groups is 1. The molecule has 0 aliphatic heterocycles. The van der Waals surface area contributed by atoms with Gasteiger partial charge >= 0.3 is 0 Å². The van der Waals surface area contributed by atoms with Crippen LogP contribution in [0.4, 0.5) is 11.4 Å². The van der Waals surface area contributed by atoms with Gasteiger partial charge in [-0.1, -0.05) is 6.07 Å². The summed E-state index contributed by atoms with van der Waals surface area (Å²) in [7, 11) is 3.98. The van der Waals surface area contributed by atoms with Crippen LogP contribution < -0.4 is 15.5 Å². The van der Waals surface area contributed by atoms with Crippen LogP contribution in [0.1, 0.15) is 13.8 Å². The van der Waals surface area contributed by atoms with Crippen LogP contribution in [0.15, 0.2) is 24.3 Å². The quantitative estimate of drug-likeness (QED) is 0.816. The number of benzene rings is 1. The van der Waals surface area contributed by atoms with Crippen molar-refractivity contribution in [3.05, 3.63) is 24.3 Å². The van der Waals surface area contributed by atoms with Crippen molar-refractivity contribution < 1.29 is 4.79 Å². The number of nitrogens with zero attached hydrogens (tertiary/aromatic N) is 1. The largest absolute Gasteiger partial charge is 0.378 e. The van der Waals surface area contributed by atoms with Crippen molar-refractivity contribution in [1.29, 1.82) is 0 Å². The van der Waals surface area contributed by atoms with Crippen LogP contribution in [-0.2, 0) is 4.79 Å². The molecule has 17 heavy (non-hydrogen) atoms. The van der Waals surface area contributed by atoms with E-state index in [9.17, 15) is 4.79 Å². The second-order valence-corrected chi connectivity index (χ2v) is 4.21. The first-order valence-electron chi connectivity index (χ1n) is 5.86. The van der Waals surface area contributed by atoms with Crippen molar-refractivity contribution >= 4 is 17.3 Å². The van der Waals surface area contributed by atoms with Gasteiger partial charge in [0.15, 0.2) is 0 Å². The third-order valence-corrected chi connectivity index (χ3v) is 2.49. The van der Waals surface area contributed by atoms with Crippen molar-refractivity contribution in [2.24, 2.45) is 0 Å². The fourth-order valence-electron chi connectivity index (χ4n) is 1.52. The molecule has 0 aliphatic rings. The van der Waals surface area contributed by atoms with Crippen molar-refractivity contribution in [2.45, 2.75) is 19.9 Å². The first-order valence-corrected chi connectivity index (χ1v) is 5.86. The van der Waals surface area contributed by atoms with Crippen molar-refractivity contribution in [3.63, 3.8) is 0 Å². The molecule has 0 saturated carbocycles. The van der Waals surface area contributed by atoms with E-state index >= 15 is 0 Å². The van der Waals surface area contributed by atoms with Gasteiger partial charge in [0, 0.05) is 32.0 Å². The molecule has 0 aliphatic carbocycles. The second-order valence-electron chi connectivity index (χ2n) is 4.21. The molecule has 1 amide bonds. The molecule has 4 heteroatoms. The van der Waals surface area contributed by atoms with Gasteiger partial charge in [-0.15, -0.1) is 0 Å². The highest BCUT2D eigenvalue weighted by atomic mass is 16.2. The van der Waals surface area contributed by atoms with E-state index in [4.69, 9.17) is 0 Å². The highest BCUT2D eigenvalue weighted by molar-refractivity contribution is 5.84. The van der Waals surface area contributed by atoms with Gasteiger partial charge in [0.2, 0.25) is 5.91 Å². The summed E-state index contributed by atoms with van der Waals surface area (Å²) < 4.78 is 0. The van der Waals surface area contributed by atoms with Crippen LogP contribution >= 0.6 is 0 Å². The minimum absolute atomic E-state index is 0.0164. The molecule has 0 heterocycles. The highest BCUT2D eigenvalue weighted by Crippen LogP contribution is 2.17. The standard InChI is InChI=1S/C13H21N3O/c1-5-14-13(17)10(2)15-11-7-6-8-12(9-11)16(3)4/h6-10,15H,5H2,1-4H3,(H,14,17). The number of rotatable bonds is 5. The van der Waals surface area contributed by atoms with Crippen molar-refractivity contribution in [1.82, 2.24) is 5.32 Å². The summed E-state index contributed by atoms with van der Waals surface area (Å²) in [6, 6.07) is 7.76. The molecule has 0 fully saturated rings. The maximum absolute atomic E-state index is 11.6. The van der Waals surface area contributed by atoms with Crippen molar-refractivity contribution in [3.8, 4) is 0 Å². The lowest BCUT2D eigenvalue weighted by Gasteiger charge is -2.17. The van der Waals surface area contributed by atoms with Crippen LogP contribution in [-0.4, -0.2) is 32.6 Å². The zero-order valence-corrected chi connectivity index (χ0v) is 10.9. The van der Waals surface area contributed by atoms with E-state index in [0.717, 1.165) is 11.4 Å². The number of hydrogen-bond acceptors (Lipinski definition) is 3. The Kier molecular flexibility index (Phi) is 4.82. The summed E-state index contributed by atoms with van der Waals surface area (Å²) in [6.45, 7) is 4.42. The molecule has 0 radical (unpaired) electrons. The van der Waals surface area contributed by atoms with E-state index in [2.05, 4.69) is 10.6 Å². The summed E-state index contributed by atoms with van der Waals surface area (Å²) in [5.74, 6) is 0.0164. The SMILES string of the molecule is CCNC(=O)C(C)Nc1cccc(N(C)C)c1. The number of amides is 1. The van der Waals surface area contributed by atoms with E-state index < -0.39 is 0 Å². The molecule has 0 spiro atoms. The van der Waals surface area contributed by atoms with Gasteiger partial charge in [0.25, 0.3) is 0 Å². The normalized spacial score (nSPS) is 11.8. The fraction of sp³-hybridized carbons (Fsp3) is 0.462. The minimum Gasteiger partial charge on any atom is -0.378 e. The van der Waals surface area contributed by atoms with E-state index in [0.29, 0.717) is 6.54 Å². The average molecular weight is 235 g/mol. The first-order chi connectivity index (χ1) is 8.04. The molecular weight excluding hydrogens is 214 g/mol. The Labute approximate surface area is 103 Å². The molecule has 1 atom stereocenters. The van der Waals surface area contributed by atoms with E-state index in [1.165, 1.54) is 0 Å². The Morgan fingerprint density at radius 2 is 2.12 bits per heavy atom. The number of anilines is 2. The number of likely N-dealkylation sites (N-methyl/N-ethyl adjacent to an activating group) is 1. The molecule has 0 bridgehead atoms. The lowest BCUT2D eigenvalue weighted by molar-refractivity contribution is -0.121. The molecule has 1 rings (SSSR count). The summed E-state index contributed by atoms with van der Waals surface area (Å²) in [6.07, 6.45) is 0. The second kappa shape index (κ2) is 6.13. The third-order valence-electron chi connectivity index (χ3n) is 2.49. The van der Waals surface area contributed by atoms with E-state index in [1.807, 2.05) is 57.1 Å². The molecular formula is C13H21N3O. The predicted molar refractivity (Wildman–Crippen MR) is 72.5 cm³/mol. The fourth-order valence-corrected chi connectivity index (χ4v) is 1.52. The Hall–Kier alpha value is -1.71. The summed E-state index contributed by atoms with van der Waals surface area (Å²) in [4.78, 5) is 13.6. The van der Waals surface area contributed by atoms with Gasteiger partial charge in [-0.25, -0.2) is 0 Å². The molecule has 0 saturated heterocycles. The Bertz CT molecular complexity index is 377. The van der Waals surface area contributed by atoms with Crippen LogP contribution in [0.2, 0.25) is 0 Å². The maximum atomic E-state index is 11.6. The van der Waals surface area contributed by atoms with Gasteiger partial charge in [0.1, 0.15) is 6.04 Å². The Balaban J connectivity index is 2.68. The molecule has 1 aromatic carbocycles. The molecule has 94 valence electrons. The van der Waals surface area contributed by atoms with Gasteiger partial charge < -0.3 is 15.5 Å². The minimum atomic E-state index is -0.229. The average Bonchev–Trinajstić information content (AvgIpc) is 2.29. The third kappa shape index (κ3) is 3.98. The summed E-state index contributed by atoms with van der Waals surface area (Å²) in [5, 5.41) is 5.97. The van der Waals surface area contributed by atoms with E-state index in [1.54, 1.807) is 0 Å². The van der Waals surface area contributed by atoms with Crippen molar-refractivity contribution in [2.75, 3.05) is 30.9 Å². The van der Waals surface area contributed by atoms with Gasteiger partial charge in [-0.05, 0) is 32.0 Å². The number of carbonyl (C=O) groups excluding carboxylic acids is 1. The molecule has 1 unspecified atom stereocenters. The molecule has 0 aromatic heterocycles. The zero-order chi connectivity index (χ0) is 12.8. The smallest absolute Gasteiger partial charge is 0.242 e. The van der Waals surface area contributed by atoms with Gasteiger partial charge in [0.05, 0.1) is 0 Å². The van der Waals surface area contributed by atoms with Crippen LogP contribution in [0, 0.1) is 0 Å². The predicted octanol–water partition coefficient (Wildman–Crippen LogP) is 1.69. The Morgan fingerprint density at radius 3 is 2.71 bits per heavy atom. The Morgan fingerprint density at radius 1 is 1.41 bits per heavy atom. The van der Waals surface area contributed by atoms with E-state index in [-0.39, 0.29) is 11.9 Å². The highest BCUT2D eigenvalue weighted by Gasteiger charge is 2.11. The van der Waals surface area contributed by atoms with Crippen LogP contribution in [0.25, 0.3) is 0 Å². The van der Waals surface area contributed by atoms with Crippen LogP contribution in [0.5, 0.6) is 0 Å². The maximum Gasteiger partial charge on any atom is 0.242 e. The topological polar surface area (TPSA) is 44.4 Å². The zero-order valence-electron chi connectivity index (χ0n) is 10.9. The monoisotopic (exact) mass is 235 g/mol. The number of nitrogens with one attached hydrogen (secondary N) is 2. The van der Waals surface area contributed by atoms with Gasteiger partial charge in [-0.3, -0.25) is 4.79 Å². The lowest BCUT2D eigenvalue weighted by atomic mass is 10.2. The lowest BCUT2D eigenvalue weighted by Crippen LogP contribution is -2.37. The number of hydrogen-bond donors (Lipinski definition) is 2. The van der Waals surface area contributed by atoms with Crippen LogP contribution in [0.3, 0.4) is 0 Å². The summed E-state index contributed by atoms with van der Waals surface area (Å²) in [5.41, 5.74) is 2.06. The molecule has 1 aromatic rings. The molecule has 2 N–H and O–H groups in total. The summed E-state index contributed by atoms with van der Waals surface area (Å²) >= 11 is 0. The van der Waals surface area contributed by atoms with Gasteiger partial charge in [-0.2, -0.15) is 0 Å². The molecule has 4 nitrogen and oxygen atoms in total.